The number of carbonyl (C=O) groups is 1. The lowest BCUT2D eigenvalue weighted by Gasteiger charge is -2.12. The standard InChI is InChI=1S/C10H11Cl2N3O3/c1-14(2)5-9(16)13-10-7(11)3-6(15(17)18)4-8(10)12/h3-4H,5H2,1-2H3,(H,13,16). The first kappa shape index (κ1) is 14.7. The summed E-state index contributed by atoms with van der Waals surface area (Å²) in [5.41, 5.74) is -0.0496. The Morgan fingerprint density at radius 2 is 1.89 bits per heavy atom. The Kier molecular flexibility index (Phi) is 4.89. The van der Waals surface area contributed by atoms with Gasteiger partial charge in [0.2, 0.25) is 5.91 Å². The number of nitro groups is 1. The summed E-state index contributed by atoms with van der Waals surface area (Å²) in [7, 11) is 3.47. The largest absolute Gasteiger partial charge is 0.322 e. The Balaban J connectivity index is 2.97. The van der Waals surface area contributed by atoms with Crippen molar-refractivity contribution < 1.29 is 9.72 Å². The van der Waals surface area contributed by atoms with Crippen LogP contribution in [0.1, 0.15) is 0 Å². The molecule has 18 heavy (non-hydrogen) atoms. The first-order valence-corrected chi connectivity index (χ1v) is 5.65. The highest BCUT2D eigenvalue weighted by atomic mass is 35.5. The molecule has 0 aromatic heterocycles. The molecule has 0 heterocycles. The molecule has 0 bridgehead atoms. The molecule has 0 saturated heterocycles. The van der Waals surface area contributed by atoms with E-state index in [1.807, 2.05) is 0 Å². The maximum atomic E-state index is 11.5. The normalized spacial score (nSPS) is 10.5. The Bertz CT molecular complexity index is 468. The Hall–Kier alpha value is -1.37. The summed E-state index contributed by atoms with van der Waals surface area (Å²) in [6.45, 7) is 0.156. The number of nitrogens with one attached hydrogen (secondary N) is 1. The molecule has 1 aromatic carbocycles. The van der Waals surface area contributed by atoms with E-state index in [0.717, 1.165) is 12.1 Å². The quantitative estimate of drug-likeness (QED) is 0.683. The van der Waals surface area contributed by atoms with Crippen LogP contribution >= 0.6 is 23.2 Å². The van der Waals surface area contributed by atoms with E-state index in [1.165, 1.54) is 0 Å². The van der Waals surface area contributed by atoms with Gasteiger partial charge in [0.05, 0.1) is 27.2 Å². The van der Waals surface area contributed by atoms with Crippen molar-refractivity contribution in [2.75, 3.05) is 26.0 Å². The van der Waals surface area contributed by atoms with Gasteiger partial charge in [0.1, 0.15) is 0 Å². The van der Waals surface area contributed by atoms with Gasteiger partial charge in [-0.3, -0.25) is 14.9 Å². The Morgan fingerprint density at radius 1 is 1.39 bits per heavy atom. The van der Waals surface area contributed by atoms with Crippen molar-refractivity contribution in [2.45, 2.75) is 0 Å². The van der Waals surface area contributed by atoms with Crippen molar-refractivity contribution in [2.24, 2.45) is 0 Å². The molecule has 0 fully saturated rings. The molecule has 0 saturated carbocycles. The van der Waals surface area contributed by atoms with Crippen molar-refractivity contribution in [3.63, 3.8) is 0 Å². The van der Waals surface area contributed by atoms with E-state index in [0.29, 0.717) is 0 Å². The lowest BCUT2D eigenvalue weighted by atomic mass is 10.2. The zero-order valence-electron chi connectivity index (χ0n) is 9.74. The number of benzene rings is 1. The Morgan fingerprint density at radius 3 is 2.28 bits per heavy atom. The van der Waals surface area contributed by atoms with E-state index in [2.05, 4.69) is 5.32 Å². The maximum absolute atomic E-state index is 11.5. The van der Waals surface area contributed by atoms with Gasteiger partial charge < -0.3 is 10.2 Å². The number of halogens is 2. The number of amides is 1. The van der Waals surface area contributed by atoms with Gasteiger partial charge in [0.25, 0.3) is 5.69 Å². The van der Waals surface area contributed by atoms with Gasteiger partial charge >= 0.3 is 0 Å². The van der Waals surface area contributed by atoms with Crippen LogP contribution in [0.4, 0.5) is 11.4 Å². The number of rotatable bonds is 4. The minimum Gasteiger partial charge on any atom is -0.322 e. The van der Waals surface area contributed by atoms with E-state index in [4.69, 9.17) is 23.2 Å². The third-order valence-electron chi connectivity index (χ3n) is 1.96. The molecule has 0 aliphatic rings. The molecule has 0 spiro atoms. The van der Waals surface area contributed by atoms with Gasteiger partial charge in [-0.2, -0.15) is 0 Å². The van der Waals surface area contributed by atoms with Crippen molar-refractivity contribution in [1.29, 1.82) is 0 Å². The minimum atomic E-state index is -0.608. The molecule has 6 nitrogen and oxygen atoms in total. The van der Waals surface area contributed by atoms with Crippen molar-refractivity contribution in [3.8, 4) is 0 Å². The fraction of sp³-hybridized carbons (Fsp3) is 0.300. The summed E-state index contributed by atoms with van der Waals surface area (Å²) >= 11 is 11.7. The van der Waals surface area contributed by atoms with Gasteiger partial charge in [-0.25, -0.2) is 0 Å². The molecule has 0 atom stereocenters. The predicted octanol–water partition coefficient (Wildman–Crippen LogP) is 2.40. The average Bonchev–Trinajstić information content (AvgIpc) is 2.21. The smallest absolute Gasteiger partial charge is 0.272 e. The summed E-state index contributed by atoms with van der Waals surface area (Å²) in [5.74, 6) is -0.308. The van der Waals surface area contributed by atoms with E-state index in [1.54, 1.807) is 19.0 Å². The summed E-state index contributed by atoms with van der Waals surface area (Å²) in [6, 6.07) is 2.28. The first-order chi connectivity index (χ1) is 8.31. The van der Waals surface area contributed by atoms with Gasteiger partial charge in [0.15, 0.2) is 0 Å². The summed E-state index contributed by atoms with van der Waals surface area (Å²) < 4.78 is 0. The molecule has 0 radical (unpaired) electrons. The molecule has 1 amide bonds. The lowest BCUT2D eigenvalue weighted by Crippen LogP contribution is -2.27. The Labute approximate surface area is 114 Å². The molecule has 0 aliphatic heterocycles. The average molecular weight is 292 g/mol. The second-order valence-corrected chi connectivity index (χ2v) is 4.64. The molecule has 1 N–H and O–H groups in total. The fourth-order valence-corrected chi connectivity index (χ4v) is 1.82. The highest BCUT2D eigenvalue weighted by Crippen LogP contribution is 2.34. The van der Waals surface area contributed by atoms with Gasteiger partial charge in [-0.05, 0) is 14.1 Å². The van der Waals surface area contributed by atoms with Crippen LogP contribution < -0.4 is 5.32 Å². The van der Waals surface area contributed by atoms with Crippen LogP contribution in [-0.4, -0.2) is 36.4 Å². The monoisotopic (exact) mass is 291 g/mol. The zero-order chi connectivity index (χ0) is 13.9. The third-order valence-corrected chi connectivity index (χ3v) is 2.56. The second-order valence-electron chi connectivity index (χ2n) is 3.83. The molecular weight excluding hydrogens is 281 g/mol. The van der Waals surface area contributed by atoms with E-state index in [-0.39, 0.29) is 33.9 Å². The summed E-state index contributed by atoms with van der Waals surface area (Å²) in [6.07, 6.45) is 0. The summed E-state index contributed by atoms with van der Waals surface area (Å²) in [4.78, 5) is 23.2. The van der Waals surface area contributed by atoms with Crippen molar-refractivity contribution in [3.05, 3.63) is 32.3 Å². The number of likely N-dealkylation sites (N-methyl/N-ethyl adjacent to an activating group) is 1. The highest BCUT2D eigenvalue weighted by molar-refractivity contribution is 6.40. The van der Waals surface area contributed by atoms with Crippen molar-refractivity contribution >= 4 is 40.5 Å². The third kappa shape index (κ3) is 3.83. The number of hydrogen-bond acceptors (Lipinski definition) is 4. The van der Waals surface area contributed by atoms with Gasteiger partial charge in [-0.1, -0.05) is 23.2 Å². The number of hydrogen-bond donors (Lipinski definition) is 1. The molecule has 0 unspecified atom stereocenters. The number of carbonyl (C=O) groups excluding carboxylic acids is 1. The lowest BCUT2D eigenvalue weighted by molar-refractivity contribution is -0.384. The number of non-ortho nitro benzene ring substituents is 1. The fourth-order valence-electron chi connectivity index (χ4n) is 1.25. The van der Waals surface area contributed by atoms with Crippen LogP contribution in [0.3, 0.4) is 0 Å². The minimum absolute atomic E-state index is 0.0290. The van der Waals surface area contributed by atoms with E-state index >= 15 is 0 Å². The second kappa shape index (κ2) is 5.99. The van der Waals surface area contributed by atoms with E-state index < -0.39 is 4.92 Å². The molecule has 8 heteroatoms. The SMILES string of the molecule is CN(C)CC(=O)Nc1c(Cl)cc([N+](=O)[O-])cc1Cl. The number of anilines is 1. The predicted molar refractivity (Wildman–Crippen MR) is 70.3 cm³/mol. The van der Waals surface area contributed by atoms with Crippen LogP contribution in [0, 0.1) is 10.1 Å². The van der Waals surface area contributed by atoms with Gasteiger partial charge in [0, 0.05) is 12.1 Å². The zero-order valence-corrected chi connectivity index (χ0v) is 11.2. The maximum Gasteiger partial charge on any atom is 0.272 e. The number of nitro benzene ring substituents is 1. The molecule has 0 aliphatic carbocycles. The van der Waals surface area contributed by atoms with Crippen LogP contribution in [0.5, 0.6) is 0 Å². The van der Waals surface area contributed by atoms with Crippen LogP contribution in [-0.2, 0) is 4.79 Å². The van der Waals surface area contributed by atoms with Crippen LogP contribution in [0.25, 0.3) is 0 Å². The molecule has 98 valence electrons. The highest BCUT2D eigenvalue weighted by Gasteiger charge is 2.16. The van der Waals surface area contributed by atoms with E-state index in [9.17, 15) is 14.9 Å². The molecule has 1 aromatic rings. The van der Waals surface area contributed by atoms with Crippen LogP contribution in [0.15, 0.2) is 12.1 Å². The first-order valence-electron chi connectivity index (χ1n) is 4.89. The molecular formula is C10H11Cl2N3O3. The topological polar surface area (TPSA) is 75.5 Å². The molecule has 1 rings (SSSR count). The van der Waals surface area contributed by atoms with Crippen LogP contribution in [0.2, 0.25) is 10.0 Å². The summed E-state index contributed by atoms with van der Waals surface area (Å²) in [5, 5.41) is 13.1. The van der Waals surface area contributed by atoms with Gasteiger partial charge in [-0.15, -0.1) is 0 Å². The number of nitrogens with zero attached hydrogens (tertiary/aromatic N) is 2. The van der Waals surface area contributed by atoms with Crippen molar-refractivity contribution in [1.82, 2.24) is 4.90 Å².